The Labute approximate surface area is 120 Å². The summed E-state index contributed by atoms with van der Waals surface area (Å²) < 4.78 is 0. The zero-order chi connectivity index (χ0) is 14.4. The fourth-order valence-electron chi connectivity index (χ4n) is 1.63. The summed E-state index contributed by atoms with van der Waals surface area (Å²) in [7, 11) is 0. The third-order valence-electron chi connectivity index (χ3n) is 2.65. The molecule has 3 N–H and O–H groups in total. The number of nitrogens with one attached hydrogen (secondary N) is 2. The molecule has 0 aromatic heterocycles. The van der Waals surface area contributed by atoms with Gasteiger partial charge in [0.05, 0.1) is 6.54 Å². The van der Waals surface area contributed by atoms with Gasteiger partial charge in [0, 0.05) is 12.3 Å². The molecule has 0 radical (unpaired) electrons. The van der Waals surface area contributed by atoms with Gasteiger partial charge in [0.1, 0.15) is 5.75 Å². The van der Waals surface area contributed by atoms with Gasteiger partial charge in [0.25, 0.3) is 0 Å². The van der Waals surface area contributed by atoms with E-state index in [2.05, 4.69) is 15.6 Å². The van der Waals surface area contributed by atoms with Crippen molar-refractivity contribution in [1.82, 2.24) is 10.6 Å². The number of nitrogens with zero attached hydrogens (tertiary/aromatic N) is 1. The molecule has 0 saturated carbocycles. The van der Waals surface area contributed by atoms with Crippen molar-refractivity contribution in [2.75, 3.05) is 18.8 Å². The molecule has 20 heavy (non-hydrogen) atoms. The number of aliphatic imine (C=N–C) groups is 1. The summed E-state index contributed by atoms with van der Waals surface area (Å²) in [5, 5.41) is 14.7. The lowest BCUT2D eigenvalue weighted by atomic mass is 10.1. The fourth-order valence-corrected chi connectivity index (χ4v) is 2.35. The number of hydrogen-bond acceptors (Lipinski definition) is 5. The van der Waals surface area contributed by atoms with E-state index in [4.69, 9.17) is 5.11 Å². The van der Waals surface area contributed by atoms with Gasteiger partial charge < -0.3 is 10.4 Å². The largest absolute Gasteiger partial charge is 0.508 e. The van der Waals surface area contributed by atoms with Gasteiger partial charge in [-0.15, -0.1) is 0 Å². The quantitative estimate of drug-likeness (QED) is 0.698. The van der Waals surface area contributed by atoms with Crippen LogP contribution in [0, 0.1) is 0 Å². The normalized spacial score (nSPS) is 13.7. The molecule has 0 bridgehead atoms. The molecule has 0 unspecified atom stereocenters. The highest BCUT2D eigenvalue weighted by molar-refractivity contribution is 8.14. The van der Waals surface area contributed by atoms with Crippen LogP contribution in [-0.4, -0.2) is 40.9 Å². The lowest BCUT2D eigenvalue weighted by molar-refractivity contribution is -0.138. The van der Waals surface area contributed by atoms with Gasteiger partial charge >= 0.3 is 11.8 Å². The van der Waals surface area contributed by atoms with Crippen LogP contribution in [0.25, 0.3) is 0 Å². The molecule has 1 aliphatic heterocycles. The summed E-state index contributed by atoms with van der Waals surface area (Å²) >= 11 is 1.42. The highest BCUT2D eigenvalue weighted by Gasteiger charge is 2.17. The maximum Gasteiger partial charge on any atom is 0.315 e. The van der Waals surface area contributed by atoms with E-state index in [1.807, 2.05) is 0 Å². The van der Waals surface area contributed by atoms with Gasteiger partial charge in [-0.3, -0.25) is 19.9 Å². The van der Waals surface area contributed by atoms with E-state index in [-0.39, 0.29) is 5.75 Å². The first-order valence-electron chi connectivity index (χ1n) is 6.19. The van der Waals surface area contributed by atoms with Crippen molar-refractivity contribution in [3.8, 4) is 5.75 Å². The van der Waals surface area contributed by atoms with E-state index in [0.29, 0.717) is 24.7 Å². The second-order valence-electron chi connectivity index (χ2n) is 4.16. The van der Waals surface area contributed by atoms with Gasteiger partial charge in [-0.2, -0.15) is 0 Å². The number of hydrogen-bond donors (Lipinski definition) is 3. The zero-order valence-corrected chi connectivity index (χ0v) is 11.6. The molecule has 1 heterocycles. The summed E-state index contributed by atoms with van der Waals surface area (Å²) in [5.74, 6) is -0.326. The van der Waals surface area contributed by atoms with E-state index >= 15 is 0 Å². The van der Waals surface area contributed by atoms with Crippen LogP contribution >= 0.6 is 11.8 Å². The van der Waals surface area contributed by atoms with Crippen LogP contribution in [0.5, 0.6) is 5.75 Å². The molecule has 0 saturated heterocycles. The smallest absolute Gasteiger partial charge is 0.315 e. The number of aromatic hydroxyl groups is 1. The zero-order valence-electron chi connectivity index (χ0n) is 10.8. The number of amides is 2. The van der Waals surface area contributed by atoms with Crippen molar-refractivity contribution in [1.29, 1.82) is 0 Å². The minimum absolute atomic E-state index is 0.201. The van der Waals surface area contributed by atoms with Crippen molar-refractivity contribution >= 4 is 28.7 Å². The molecule has 1 aromatic carbocycles. The third kappa shape index (κ3) is 4.27. The molecule has 7 heteroatoms. The molecule has 1 aromatic rings. The van der Waals surface area contributed by atoms with Crippen molar-refractivity contribution < 1.29 is 14.7 Å². The Hall–Kier alpha value is -2.02. The van der Waals surface area contributed by atoms with E-state index < -0.39 is 11.8 Å². The minimum Gasteiger partial charge on any atom is -0.508 e. The Balaban J connectivity index is 1.71. The minimum atomic E-state index is -0.691. The molecule has 2 amide bonds. The Bertz CT molecular complexity index is 528. The monoisotopic (exact) mass is 293 g/mol. The van der Waals surface area contributed by atoms with Crippen LogP contribution in [0.1, 0.15) is 5.56 Å². The SMILES string of the molecule is O=C(NCCc1ccc(O)cc1)C(=O)NC1=NCCS1. The molecule has 0 atom stereocenters. The van der Waals surface area contributed by atoms with E-state index in [9.17, 15) is 9.59 Å². The number of thioether (sulfide) groups is 1. The van der Waals surface area contributed by atoms with Gasteiger partial charge in [-0.25, -0.2) is 0 Å². The van der Waals surface area contributed by atoms with Crippen LogP contribution in [-0.2, 0) is 16.0 Å². The molecule has 0 spiro atoms. The number of benzene rings is 1. The van der Waals surface area contributed by atoms with Crippen LogP contribution in [0.3, 0.4) is 0 Å². The lowest BCUT2D eigenvalue weighted by Gasteiger charge is -2.06. The number of amidine groups is 1. The Morgan fingerprint density at radius 3 is 2.65 bits per heavy atom. The maximum absolute atomic E-state index is 11.5. The van der Waals surface area contributed by atoms with Crippen molar-refractivity contribution in [2.45, 2.75) is 6.42 Å². The Morgan fingerprint density at radius 1 is 1.25 bits per heavy atom. The highest BCUT2D eigenvalue weighted by atomic mass is 32.2. The van der Waals surface area contributed by atoms with Gasteiger partial charge in [-0.1, -0.05) is 23.9 Å². The summed E-state index contributed by atoms with van der Waals surface area (Å²) in [5.41, 5.74) is 0.972. The van der Waals surface area contributed by atoms with Crippen molar-refractivity contribution in [2.24, 2.45) is 4.99 Å². The lowest BCUT2D eigenvalue weighted by Crippen LogP contribution is -2.42. The van der Waals surface area contributed by atoms with Crippen molar-refractivity contribution in [3.63, 3.8) is 0 Å². The number of carbonyl (C=O) groups excluding carboxylic acids is 2. The van der Waals surface area contributed by atoms with Crippen LogP contribution in [0.15, 0.2) is 29.3 Å². The Kier molecular flexibility index (Phi) is 5.00. The standard InChI is InChI=1S/C13H15N3O3S/c17-10-3-1-9(2-4-10)5-6-14-11(18)12(19)16-13-15-7-8-20-13/h1-4,17H,5-8H2,(H,14,18)(H,15,16,19). The Morgan fingerprint density at radius 2 is 2.00 bits per heavy atom. The van der Waals surface area contributed by atoms with Crippen LogP contribution in [0.2, 0.25) is 0 Å². The predicted octanol–water partition coefficient (Wildman–Crippen LogP) is 0.270. The first kappa shape index (κ1) is 14.4. The molecule has 106 valence electrons. The molecule has 1 aliphatic rings. The number of rotatable bonds is 3. The second kappa shape index (κ2) is 6.95. The van der Waals surface area contributed by atoms with Gasteiger partial charge in [0.15, 0.2) is 5.17 Å². The van der Waals surface area contributed by atoms with E-state index in [0.717, 1.165) is 11.3 Å². The van der Waals surface area contributed by atoms with Crippen molar-refractivity contribution in [3.05, 3.63) is 29.8 Å². The topological polar surface area (TPSA) is 90.8 Å². The molecule has 0 fully saturated rings. The molecule has 0 aliphatic carbocycles. The third-order valence-corrected chi connectivity index (χ3v) is 3.54. The molecule has 2 rings (SSSR count). The fraction of sp³-hybridized carbons (Fsp3) is 0.308. The second-order valence-corrected chi connectivity index (χ2v) is 5.25. The highest BCUT2D eigenvalue weighted by Crippen LogP contribution is 2.10. The predicted molar refractivity (Wildman–Crippen MR) is 77.7 cm³/mol. The molecular weight excluding hydrogens is 278 g/mol. The average molecular weight is 293 g/mol. The summed E-state index contributed by atoms with van der Waals surface area (Å²) in [6.07, 6.45) is 0.592. The van der Waals surface area contributed by atoms with Gasteiger partial charge in [-0.05, 0) is 24.1 Å². The van der Waals surface area contributed by atoms with Crippen LogP contribution < -0.4 is 10.6 Å². The number of carbonyl (C=O) groups is 2. The van der Waals surface area contributed by atoms with E-state index in [1.54, 1.807) is 24.3 Å². The first-order valence-corrected chi connectivity index (χ1v) is 7.18. The number of phenols is 1. The molecule has 6 nitrogen and oxygen atoms in total. The molecular formula is C13H15N3O3S. The maximum atomic E-state index is 11.5. The van der Waals surface area contributed by atoms with E-state index in [1.165, 1.54) is 11.8 Å². The average Bonchev–Trinajstić information content (AvgIpc) is 2.93. The summed E-state index contributed by atoms with van der Waals surface area (Å²) in [4.78, 5) is 27.1. The summed E-state index contributed by atoms with van der Waals surface area (Å²) in [6.45, 7) is 1.03. The van der Waals surface area contributed by atoms with Crippen LogP contribution in [0.4, 0.5) is 0 Å². The van der Waals surface area contributed by atoms with Gasteiger partial charge in [0.2, 0.25) is 0 Å². The summed E-state index contributed by atoms with van der Waals surface area (Å²) in [6, 6.07) is 6.70. The number of phenolic OH excluding ortho intramolecular Hbond substituents is 1. The first-order chi connectivity index (χ1) is 9.65.